The Labute approximate surface area is 170 Å². The molecule has 3 aromatic heterocycles. The fourth-order valence-corrected chi connectivity index (χ4v) is 3.26. The summed E-state index contributed by atoms with van der Waals surface area (Å²) in [6.45, 7) is 1.91. The summed E-state index contributed by atoms with van der Waals surface area (Å²) < 4.78 is 1.57. The average molecular weight is 409 g/mol. The van der Waals surface area contributed by atoms with Crippen molar-refractivity contribution in [2.24, 2.45) is 5.73 Å². The van der Waals surface area contributed by atoms with Gasteiger partial charge >= 0.3 is 0 Å². The predicted molar refractivity (Wildman–Crippen MR) is 110 cm³/mol. The largest absolute Gasteiger partial charge is 0.383 e. The molecule has 5 N–H and O–H groups in total. The second kappa shape index (κ2) is 7.36. The smallest absolute Gasteiger partial charge is 0.256 e. The van der Waals surface area contributed by atoms with Crippen LogP contribution >= 0.6 is 11.6 Å². The third-order valence-corrected chi connectivity index (χ3v) is 4.73. The van der Waals surface area contributed by atoms with E-state index in [9.17, 15) is 4.79 Å². The molecule has 0 unspecified atom stereocenters. The van der Waals surface area contributed by atoms with Gasteiger partial charge in [-0.1, -0.05) is 41.9 Å². The first-order valence-corrected chi connectivity index (χ1v) is 9.10. The van der Waals surface area contributed by atoms with E-state index in [4.69, 9.17) is 23.1 Å². The molecule has 0 bridgehead atoms. The van der Waals surface area contributed by atoms with Crippen LogP contribution in [-0.2, 0) is 0 Å². The van der Waals surface area contributed by atoms with E-state index in [2.05, 4.69) is 25.4 Å². The zero-order valence-corrected chi connectivity index (χ0v) is 16.1. The van der Waals surface area contributed by atoms with Crippen LogP contribution < -0.4 is 16.8 Å². The van der Waals surface area contributed by atoms with E-state index in [1.807, 2.05) is 43.3 Å². The number of nitrogens with two attached hydrogens (primary N) is 2. The molecule has 1 aromatic carbocycles. The van der Waals surface area contributed by atoms with Crippen LogP contribution in [0.4, 0.5) is 11.6 Å². The number of halogens is 1. The van der Waals surface area contributed by atoms with E-state index in [0.717, 1.165) is 11.1 Å². The lowest BCUT2D eigenvalue weighted by Gasteiger charge is -2.20. The fourth-order valence-electron chi connectivity index (χ4n) is 3.09. The molecular weight excluding hydrogens is 392 g/mol. The molecule has 3 heterocycles. The molecule has 0 aliphatic carbocycles. The Balaban J connectivity index is 1.83. The molecule has 0 saturated heterocycles. The van der Waals surface area contributed by atoms with Gasteiger partial charge in [-0.3, -0.25) is 4.79 Å². The van der Waals surface area contributed by atoms with Gasteiger partial charge in [0, 0.05) is 11.1 Å². The summed E-state index contributed by atoms with van der Waals surface area (Å²) in [5.41, 5.74) is 14.3. The second-order valence-electron chi connectivity index (χ2n) is 6.38. The molecule has 4 aromatic rings. The van der Waals surface area contributed by atoms with Gasteiger partial charge in [-0.05, 0) is 13.0 Å². The van der Waals surface area contributed by atoms with Gasteiger partial charge in [0.25, 0.3) is 5.91 Å². The maximum atomic E-state index is 11.8. The summed E-state index contributed by atoms with van der Waals surface area (Å²) in [5.74, 6) is -0.452. The van der Waals surface area contributed by atoms with Crippen LogP contribution in [0.5, 0.6) is 0 Å². The number of amides is 1. The normalized spacial score (nSPS) is 12.1. The van der Waals surface area contributed by atoms with E-state index >= 15 is 0 Å². The minimum absolute atomic E-state index is 0.0131. The number of hydrogen-bond donors (Lipinski definition) is 3. The van der Waals surface area contributed by atoms with E-state index in [0.29, 0.717) is 16.5 Å². The Morgan fingerprint density at radius 2 is 1.97 bits per heavy atom. The molecule has 0 radical (unpaired) electrons. The standard InChI is InChI=1S/C19H17ClN8O/c1-10(26-19-15(18(22)29)17(21)24-9-25-19)12-7-14-23-8-13(20)28(14)27-16(12)11-5-3-2-4-6-11/h2-10H,1H3,(H2,22,29)(H3,21,24,25,26)/t10-/m0/s1. The van der Waals surface area contributed by atoms with Crippen molar-refractivity contribution in [3.8, 4) is 11.3 Å². The van der Waals surface area contributed by atoms with Crippen molar-refractivity contribution in [2.75, 3.05) is 11.1 Å². The lowest BCUT2D eigenvalue weighted by atomic mass is 10.0. The van der Waals surface area contributed by atoms with Gasteiger partial charge in [-0.15, -0.1) is 0 Å². The SMILES string of the molecule is C[C@H](Nc1ncnc(N)c1C(N)=O)c1cc2ncc(Cl)n2nc1-c1ccccc1. The summed E-state index contributed by atoms with van der Waals surface area (Å²) in [4.78, 5) is 24.1. The molecule has 9 nitrogen and oxygen atoms in total. The number of nitrogen functional groups attached to an aromatic ring is 1. The zero-order chi connectivity index (χ0) is 20.5. The quantitative estimate of drug-likeness (QED) is 0.461. The molecule has 4 rings (SSSR count). The van der Waals surface area contributed by atoms with Crippen LogP contribution in [0.25, 0.3) is 16.9 Å². The van der Waals surface area contributed by atoms with Crippen LogP contribution in [0.1, 0.15) is 28.9 Å². The predicted octanol–water partition coefficient (Wildman–Crippen LogP) is 2.69. The number of nitrogens with one attached hydrogen (secondary N) is 1. The number of anilines is 2. The molecule has 146 valence electrons. The molecule has 0 saturated carbocycles. The van der Waals surface area contributed by atoms with Crippen LogP contribution in [0, 0.1) is 0 Å². The maximum absolute atomic E-state index is 11.8. The Kier molecular flexibility index (Phi) is 4.73. The highest BCUT2D eigenvalue weighted by Gasteiger charge is 2.21. The number of carbonyl (C=O) groups is 1. The van der Waals surface area contributed by atoms with Gasteiger partial charge in [0.05, 0.1) is 17.9 Å². The first-order valence-electron chi connectivity index (χ1n) is 8.72. The number of hydrogen-bond acceptors (Lipinski definition) is 7. The van der Waals surface area contributed by atoms with E-state index in [1.165, 1.54) is 12.5 Å². The van der Waals surface area contributed by atoms with Crippen molar-refractivity contribution in [1.82, 2.24) is 24.6 Å². The van der Waals surface area contributed by atoms with E-state index in [1.54, 1.807) is 4.52 Å². The third-order valence-electron chi connectivity index (χ3n) is 4.47. The monoisotopic (exact) mass is 408 g/mol. The average Bonchev–Trinajstić information content (AvgIpc) is 3.07. The highest BCUT2D eigenvalue weighted by atomic mass is 35.5. The number of carbonyl (C=O) groups excluding carboxylic acids is 1. The van der Waals surface area contributed by atoms with Crippen molar-refractivity contribution < 1.29 is 4.79 Å². The first-order chi connectivity index (χ1) is 14.0. The van der Waals surface area contributed by atoms with Crippen LogP contribution in [0.3, 0.4) is 0 Å². The number of benzene rings is 1. The Bertz CT molecular complexity index is 1210. The second-order valence-corrected chi connectivity index (χ2v) is 6.77. The molecule has 29 heavy (non-hydrogen) atoms. The zero-order valence-electron chi connectivity index (χ0n) is 15.4. The number of rotatable bonds is 5. The molecule has 0 spiro atoms. The molecule has 1 atom stereocenters. The number of fused-ring (bicyclic) bond motifs is 1. The van der Waals surface area contributed by atoms with Gasteiger partial charge in [0.15, 0.2) is 10.8 Å². The fraction of sp³-hybridized carbons (Fsp3) is 0.105. The number of imidazole rings is 1. The molecule has 0 aliphatic heterocycles. The summed E-state index contributed by atoms with van der Waals surface area (Å²) >= 11 is 6.21. The summed E-state index contributed by atoms with van der Waals surface area (Å²) in [6, 6.07) is 11.2. The van der Waals surface area contributed by atoms with Crippen molar-refractivity contribution in [2.45, 2.75) is 13.0 Å². The van der Waals surface area contributed by atoms with Crippen molar-refractivity contribution in [3.05, 3.63) is 65.2 Å². The first kappa shape index (κ1) is 18.6. The van der Waals surface area contributed by atoms with Gasteiger partial charge in [-0.25, -0.2) is 19.5 Å². The molecule has 0 aliphatic rings. The molecule has 1 amide bonds. The van der Waals surface area contributed by atoms with Crippen molar-refractivity contribution in [3.63, 3.8) is 0 Å². The molecule has 10 heteroatoms. The summed E-state index contributed by atoms with van der Waals surface area (Å²) in [5, 5.41) is 8.27. The van der Waals surface area contributed by atoms with Crippen LogP contribution in [0.2, 0.25) is 5.15 Å². The Morgan fingerprint density at radius 3 is 2.69 bits per heavy atom. The third kappa shape index (κ3) is 3.43. The molecule has 0 fully saturated rings. The number of primary amides is 1. The lowest BCUT2D eigenvalue weighted by molar-refractivity contribution is 0.100. The van der Waals surface area contributed by atoms with Crippen molar-refractivity contribution >= 4 is 34.8 Å². The Morgan fingerprint density at radius 1 is 1.21 bits per heavy atom. The van der Waals surface area contributed by atoms with Gasteiger partial charge < -0.3 is 16.8 Å². The number of aromatic nitrogens is 5. The minimum atomic E-state index is -0.713. The van der Waals surface area contributed by atoms with Crippen molar-refractivity contribution in [1.29, 1.82) is 0 Å². The van der Waals surface area contributed by atoms with Gasteiger partial charge in [-0.2, -0.15) is 5.10 Å². The summed E-state index contributed by atoms with van der Waals surface area (Å²) in [7, 11) is 0. The molecular formula is C19H17ClN8O. The maximum Gasteiger partial charge on any atom is 0.256 e. The van der Waals surface area contributed by atoms with E-state index < -0.39 is 5.91 Å². The van der Waals surface area contributed by atoms with Crippen LogP contribution in [-0.4, -0.2) is 30.5 Å². The Hall–Kier alpha value is -3.72. The van der Waals surface area contributed by atoms with Gasteiger partial charge in [0.2, 0.25) is 0 Å². The summed E-state index contributed by atoms with van der Waals surface area (Å²) in [6.07, 6.45) is 2.81. The highest BCUT2D eigenvalue weighted by Crippen LogP contribution is 2.31. The number of nitrogens with zero attached hydrogens (tertiary/aromatic N) is 5. The topological polar surface area (TPSA) is 137 Å². The minimum Gasteiger partial charge on any atom is -0.383 e. The highest BCUT2D eigenvalue weighted by molar-refractivity contribution is 6.29. The van der Waals surface area contributed by atoms with E-state index in [-0.39, 0.29) is 23.2 Å². The van der Waals surface area contributed by atoms with Crippen LogP contribution in [0.15, 0.2) is 48.9 Å². The lowest BCUT2D eigenvalue weighted by Crippen LogP contribution is -2.20. The van der Waals surface area contributed by atoms with Gasteiger partial charge in [0.1, 0.15) is 23.5 Å².